The first-order valence-electron chi connectivity index (χ1n) is 10.5. The third-order valence-corrected chi connectivity index (χ3v) is 6.22. The van der Waals surface area contributed by atoms with E-state index in [0.717, 1.165) is 64.2 Å². The van der Waals surface area contributed by atoms with Crippen molar-refractivity contribution in [3.8, 4) is 0 Å². The van der Waals surface area contributed by atoms with Gasteiger partial charge in [-0.1, -0.05) is 90.4 Å². The van der Waals surface area contributed by atoms with E-state index in [1.165, 1.54) is 25.7 Å². The fraction of sp³-hybridized carbons (Fsp3) is 1.00. The van der Waals surface area contributed by atoms with Gasteiger partial charge in [0.2, 0.25) is 0 Å². The fourth-order valence-electron chi connectivity index (χ4n) is 3.28. The Morgan fingerprint density at radius 1 is 0.731 bits per heavy atom. The maximum atomic E-state index is 11.4. The van der Waals surface area contributed by atoms with E-state index in [-0.39, 0.29) is 57.5 Å². The van der Waals surface area contributed by atoms with E-state index in [4.69, 9.17) is 0 Å². The minimum absolute atomic E-state index is 0. The van der Waals surface area contributed by atoms with Crippen LogP contribution in [0.1, 0.15) is 117 Å². The summed E-state index contributed by atoms with van der Waals surface area (Å²) in [6, 6.07) is 0. The summed E-state index contributed by atoms with van der Waals surface area (Å²) in [7, 11) is -4.15. The first-order valence-corrected chi connectivity index (χ1v) is 12.0. The van der Waals surface area contributed by atoms with Crippen molar-refractivity contribution in [1.29, 1.82) is 0 Å². The normalized spacial score (nSPS) is 14.0. The molecule has 1 N–H and O–H groups in total. The summed E-state index contributed by atoms with van der Waals surface area (Å²) in [6.45, 7) is 4.00. The zero-order chi connectivity index (χ0) is 19.0. The number of unbranched alkanes of at least 4 members (excludes halogenated alkanes) is 11. The zero-order valence-corrected chi connectivity index (χ0v) is 21.5. The van der Waals surface area contributed by atoms with Gasteiger partial charge in [0.05, 0.1) is 16.2 Å². The first-order chi connectivity index (χ1) is 11.9. The van der Waals surface area contributed by atoms with E-state index in [1.807, 2.05) is 6.92 Å². The molecule has 0 spiro atoms. The molecule has 0 heterocycles. The Morgan fingerprint density at radius 3 is 1.42 bits per heavy atom. The van der Waals surface area contributed by atoms with E-state index in [1.54, 1.807) is 0 Å². The average molecular weight is 417 g/mol. The molecule has 0 saturated carbocycles. The second-order valence-corrected chi connectivity index (χ2v) is 9.22. The van der Waals surface area contributed by atoms with E-state index in [2.05, 4.69) is 6.92 Å². The first kappa shape index (κ1) is 29.7. The van der Waals surface area contributed by atoms with Gasteiger partial charge in [-0.15, -0.1) is 0 Å². The molecule has 152 valence electrons. The predicted molar refractivity (Wildman–Crippen MR) is 105 cm³/mol. The number of aliphatic hydroxyl groups excluding tert-OH is 1. The minimum Gasteiger partial charge on any atom is -0.748 e. The molecule has 0 fully saturated rings. The van der Waals surface area contributed by atoms with Gasteiger partial charge >= 0.3 is 51.4 Å². The summed E-state index contributed by atoms with van der Waals surface area (Å²) in [6.07, 6.45) is 16.0. The summed E-state index contributed by atoms with van der Waals surface area (Å²) >= 11 is 0. The molecule has 0 aromatic rings. The minimum atomic E-state index is -4.15. The van der Waals surface area contributed by atoms with Crippen LogP contribution >= 0.6 is 0 Å². The Bertz CT molecular complexity index is 385. The van der Waals surface area contributed by atoms with Crippen molar-refractivity contribution in [2.75, 3.05) is 0 Å². The predicted octanol–water partition coefficient (Wildman–Crippen LogP) is 2.55. The zero-order valence-electron chi connectivity index (χ0n) is 17.5. The molecule has 4 nitrogen and oxygen atoms in total. The third-order valence-electron chi connectivity index (χ3n) is 4.94. The summed E-state index contributed by atoms with van der Waals surface area (Å²) in [5, 5.41) is 8.51. The van der Waals surface area contributed by atoms with Crippen LogP contribution in [0.4, 0.5) is 0 Å². The molecule has 0 aliphatic rings. The molecule has 26 heavy (non-hydrogen) atoms. The van der Waals surface area contributed by atoms with Crippen LogP contribution < -0.4 is 51.4 Å². The van der Waals surface area contributed by atoms with Gasteiger partial charge in [0, 0.05) is 5.25 Å². The van der Waals surface area contributed by atoms with E-state index in [9.17, 15) is 18.1 Å². The second-order valence-electron chi connectivity index (χ2n) is 7.57. The van der Waals surface area contributed by atoms with Crippen LogP contribution in [0.3, 0.4) is 0 Å². The Labute approximate surface area is 205 Å². The van der Waals surface area contributed by atoms with Crippen molar-refractivity contribution in [3.63, 3.8) is 0 Å². The van der Waals surface area contributed by atoms with Crippen molar-refractivity contribution in [1.82, 2.24) is 0 Å². The number of aliphatic hydroxyl groups is 1. The molecular formula is C20H41KO4S. The smallest absolute Gasteiger partial charge is 0.748 e. The Hall–Kier alpha value is 1.51. The number of rotatable bonds is 18. The van der Waals surface area contributed by atoms with E-state index in [0.29, 0.717) is 12.8 Å². The summed E-state index contributed by atoms with van der Waals surface area (Å²) in [4.78, 5) is 0. The second kappa shape index (κ2) is 19.8. The number of hydrogen-bond donors (Lipinski definition) is 1. The quantitative estimate of drug-likeness (QED) is 0.212. The van der Waals surface area contributed by atoms with Crippen molar-refractivity contribution >= 4 is 10.1 Å². The van der Waals surface area contributed by atoms with Gasteiger partial charge in [0.25, 0.3) is 0 Å². The summed E-state index contributed by atoms with van der Waals surface area (Å²) in [5.74, 6) is 0. The van der Waals surface area contributed by atoms with Crippen LogP contribution in [-0.2, 0) is 10.1 Å². The molecule has 0 bridgehead atoms. The molecule has 2 unspecified atom stereocenters. The van der Waals surface area contributed by atoms with Crippen LogP contribution in [0.15, 0.2) is 0 Å². The van der Waals surface area contributed by atoms with Crippen LogP contribution in [0.2, 0.25) is 0 Å². The third kappa shape index (κ3) is 20.2. The van der Waals surface area contributed by atoms with Gasteiger partial charge in [0.1, 0.15) is 0 Å². The Kier molecular flexibility index (Phi) is 22.6. The molecule has 0 aromatic carbocycles. The molecular weight excluding hydrogens is 375 g/mol. The van der Waals surface area contributed by atoms with Crippen molar-refractivity contribution in [2.45, 2.75) is 128 Å². The Balaban J connectivity index is 0. The fourth-order valence-corrected chi connectivity index (χ4v) is 4.19. The maximum absolute atomic E-state index is 11.4. The molecule has 2 atom stereocenters. The van der Waals surface area contributed by atoms with Crippen molar-refractivity contribution in [2.24, 2.45) is 0 Å². The molecule has 0 aromatic heterocycles. The van der Waals surface area contributed by atoms with Gasteiger partial charge in [-0.3, -0.25) is 0 Å². The summed E-state index contributed by atoms with van der Waals surface area (Å²) < 4.78 is 34.2. The van der Waals surface area contributed by atoms with Crippen LogP contribution in [-0.4, -0.2) is 29.4 Å². The summed E-state index contributed by atoms with van der Waals surface area (Å²) in [5.41, 5.74) is 0. The molecule has 0 aliphatic carbocycles. The SMILES string of the molecule is CCCCCCCCC(CCCCCCCCCC(C)O)S(=O)(=O)[O-].[K+]. The Morgan fingerprint density at radius 2 is 1.08 bits per heavy atom. The van der Waals surface area contributed by atoms with Gasteiger partial charge in [0.15, 0.2) is 0 Å². The molecule has 0 radical (unpaired) electrons. The average Bonchev–Trinajstić information content (AvgIpc) is 2.53. The molecule has 0 rings (SSSR count). The van der Waals surface area contributed by atoms with Crippen LogP contribution in [0.25, 0.3) is 0 Å². The van der Waals surface area contributed by atoms with Gasteiger partial charge in [-0.25, -0.2) is 8.42 Å². The van der Waals surface area contributed by atoms with Gasteiger partial charge < -0.3 is 9.66 Å². The standard InChI is InChI=1S/C20H42O4S.K/c1-3-4-5-6-11-14-17-20(25(22,23)24)18-15-12-9-7-8-10-13-16-19(2)21;/h19-21H,3-18H2,1-2H3,(H,22,23,24);/q;+1/p-1. The van der Waals surface area contributed by atoms with Crippen LogP contribution in [0, 0.1) is 0 Å². The van der Waals surface area contributed by atoms with E-state index >= 15 is 0 Å². The molecule has 0 saturated heterocycles. The molecule has 0 aliphatic heterocycles. The van der Waals surface area contributed by atoms with Gasteiger partial charge in [-0.2, -0.15) is 0 Å². The van der Waals surface area contributed by atoms with Crippen molar-refractivity contribution < 1.29 is 69.5 Å². The topological polar surface area (TPSA) is 77.4 Å². The largest absolute Gasteiger partial charge is 1.00 e. The monoisotopic (exact) mass is 416 g/mol. The molecule has 0 amide bonds. The maximum Gasteiger partial charge on any atom is 1.00 e. The van der Waals surface area contributed by atoms with E-state index < -0.39 is 15.4 Å². The number of hydrogen-bond acceptors (Lipinski definition) is 4. The van der Waals surface area contributed by atoms with Crippen molar-refractivity contribution in [3.05, 3.63) is 0 Å². The van der Waals surface area contributed by atoms with Crippen LogP contribution in [0.5, 0.6) is 0 Å². The van der Waals surface area contributed by atoms with Gasteiger partial charge in [-0.05, 0) is 26.2 Å². The molecule has 6 heteroatoms.